The molecule has 0 unspecified atom stereocenters. The van der Waals surface area contributed by atoms with Gasteiger partial charge in [0, 0.05) is 14.2 Å². The summed E-state index contributed by atoms with van der Waals surface area (Å²) in [6.45, 7) is 0. The quantitative estimate of drug-likeness (QED) is 0.657. The number of benzene rings is 2. The van der Waals surface area contributed by atoms with Crippen LogP contribution in [-0.4, -0.2) is 5.91 Å². The first-order valence-electron chi connectivity index (χ1n) is 5.71. The number of halogens is 5. The molecule has 110 valence electrons. The average Bonchev–Trinajstić information content (AvgIpc) is 2.41. The minimum Gasteiger partial charge on any atom is -0.321 e. The van der Waals surface area contributed by atoms with Crippen molar-refractivity contribution >= 4 is 45.8 Å². The van der Waals surface area contributed by atoms with E-state index in [4.69, 9.17) is 11.6 Å². The Labute approximate surface area is 137 Å². The molecule has 2 aromatic carbocycles. The standard InChI is InChI=1S/C14H8ClF3INO/c15-10-4-5-12(11(19)7-10)20-13(21)8-2-1-3-9(6-8)14(16,17)18/h1-7H,(H,20,21). The highest BCUT2D eigenvalue weighted by molar-refractivity contribution is 14.1. The third-order valence-electron chi connectivity index (χ3n) is 2.63. The van der Waals surface area contributed by atoms with Crippen molar-refractivity contribution in [2.45, 2.75) is 6.18 Å². The molecule has 0 saturated heterocycles. The van der Waals surface area contributed by atoms with Crippen molar-refractivity contribution in [3.05, 3.63) is 62.2 Å². The first-order chi connectivity index (χ1) is 9.77. The Morgan fingerprint density at radius 2 is 1.86 bits per heavy atom. The highest BCUT2D eigenvalue weighted by Gasteiger charge is 2.30. The van der Waals surface area contributed by atoms with Crippen LogP contribution in [0.1, 0.15) is 15.9 Å². The summed E-state index contributed by atoms with van der Waals surface area (Å²) in [6.07, 6.45) is -4.48. The van der Waals surface area contributed by atoms with Crippen LogP contribution >= 0.6 is 34.2 Å². The lowest BCUT2D eigenvalue weighted by atomic mass is 10.1. The van der Waals surface area contributed by atoms with Crippen LogP contribution in [0.2, 0.25) is 5.02 Å². The van der Waals surface area contributed by atoms with E-state index < -0.39 is 17.6 Å². The Kier molecular flexibility index (Phi) is 4.77. The molecule has 0 aromatic heterocycles. The van der Waals surface area contributed by atoms with E-state index in [2.05, 4.69) is 5.32 Å². The molecule has 1 amide bonds. The zero-order valence-corrected chi connectivity index (χ0v) is 13.3. The number of hydrogen-bond donors (Lipinski definition) is 1. The second kappa shape index (κ2) is 6.23. The highest BCUT2D eigenvalue weighted by atomic mass is 127. The van der Waals surface area contributed by atoms with Gasteiger partial charge in [0.1, 0.15) is 0 Å². The molecule has 0 spiro atoms. The van der Waals surface area contributed by atoms with Gasteiger partial charge in [-0.3, -0.25) is 4.79 Å². The molecule has 0 atom stereocenters. The summed E-state index contributed by atoms with van der Waals surface area (Å²) in [5.74, 6) is -0.610. The predicted octanol–water partition coefficient (Wildman–Crippen LogP) is 5.22. The van der Waals surface area contributed by atoms with Gasteiger partial charge in [-0.25, -0.2) is 0 Å². The van der Waals surface area contributed by atoms with Gasteiger partial charge in [0.15, 0.2) is 0 Å². The fraction of sp³-hybridized carbons (Fsp3) is 0.0714. The first-order valence-corrected chi connectivity index (χ1v) is 7.17. The largest absolute Gasteiger partial charge is 0.416 e. The van der Waals surface area contributed by atoms with Crippen molar-refractivity contribution in [2.75, 3.05) is 5.32 Å². The molecule has 0 aliphatic rings. The van der Waals surface area contributed by atoms with Crippen molar-refractivity contribution < 1.29 is 18.0 Å². The van der Waals surface area contributed by atoms with Gasteiger partial charge in [-0.05, 0) is 59.0 Å². The third-order valence-corrected chi connectivity index (χ3v) is 3.76. The number of carbonyl (C=O) groups is 1. The van der Waals surface area contributed by atoms with Crippen molar-refractivity contribution in [1.29, 1.82) is 0 Å². The fourth-order valence-corrected chi connectivity index (χ4v) is 2.63. The minimum atomic E-state index is -4.48. The van der Waals surface area contributed by atoms with Crippen LogP contribution in [0.4, 0.5) is 18.9 Å². The Morgan fingerprint density at radius 1 is 1.14 bits per heavy atom. The maximum atomic E-state index is 12.6. The lowest BCUT2D eigenvalue weighted by molar-refractivity contribution is -0.137. The summed E-state index contributed by atoms with van der Waals surface area (Å²) in [5, 5.41) is 3.07. The summed E-state index contributed by atoms with van der Waals surface area (Å²) in [5.41, 5.74) is -0.432. The molecule has 0 bridgehead atoms. The summed E-state index contributed by atoms with van der Waals surface area (Å²) >= 11 is 7.78. The van der Waals surface area contributed by atoms with Crippen LogP contribution in [0, 0.1) is 3.57 Å². The normalized spacial score (nSPS) is 11.3. The fourth-order valence-electron chi connectivity index (χ4n) is 1.62. The Bertz CT molecular complexity index is 688. The lowest BCUT2D eigenvalue weighted by Crippen LogP contribution is -2.14. The Morgan fingerprint density at radius 3 is 2.48 bits per heavy atom. The molecule has 7 heteroatoms. The van der Waals surface area contributed by atoms with Gasteiger partial charge in [-0.15, -0.1) is 0 Å². The molecule has 21 heavy (non-hydrogen) atoms. The second-order valence-corrected chi connectivity index (χ2v) is 5.76. The van der Waals surface area contributed by atoms with Crippen LogP contribution in [0.25, 0.3) is 0 Å². The average molecular weight is 426 g/mol. The van der Waals surface area contributed by atoms with Gasteiger partial charge in [0.05, 0.1) is 11.3 Å². The van der Waals surface area contributed by atoms with E-state index in [9.17, 15) is 18.0 Å². The first kappa shape index (κ1) is 16.1. The van der Waals surface area contributed by atoms with E-state index in [1.54, 1.807) is 18.2 Å². The van der Waals surface area contributed by atoms with E-state index in [0.717, 1.165) is 12.1 Å². The van der Waals surface area contributed by atoms with Crippen LogP contribution in [-0.2, 0) is 6.18 Å². The number of rotatable bonds is 2. The van der Waals surface area contributed by atoms with E-state index in [1.165, 1.54) is 12.1 Å². The summed E-state index contributed by atoms with van der Waals surface area (Å²) in [6, 6.07) is 9.09. The zero-order valence-electron chi connectivity index (χ0n) is 10.3. The van der Waals surface area contributed by atoms with Gasteiger partial charge in [0.2, 0.25) is 0 Å². The maximum Gasteiger partial charge on any atom is 0.416 e. The number of anilines is 1. The van der Waals surface area contributed by atoms with Gasteiger partial charge in [-0.2, -0.15) is 13.2 Å². The monoisotopic (exact) mass is 425 g/mol. The summed E-state index contributed by atoms with van der Waals surface area (Å²) in [4.78, 5) is 12.0. The van der Waals surface area contributed by atoms with Crippen molar-refractivity contribution in [1.82, 2.24) is 0 Å². The third kappa shape index (κ3) is 4.10. The molecule has 0 heterocycles. The van der Waals surface area contributed by atoms with Gasteiger partial charge < -0.3 is 5.32 Å². The van der Waals surface area contributed by atoms with Crippen molar-refractivity contribution in [3.63, 3.8) is 0 Å². The smallest absolute Gasteiger partial charge is 0.321 e. The van der Waals surface area contributed by atoms with Crippen LogP contribution in [0.5, 0.6) is 0 Å². The van der Waals surface area contributed by atoms with E-state index in [1.807, 2.05) is 22.6 Å². The zero-order chi connectivity index (χ0) is 15.6. The molecule has 0 fully saturated rings. The van der Waals surface area contributed by atoms with Crippen molar-refractivity contribution in [3.8, 4) is 0 Å². The topological polar surface area (TPSA) is 29.1 Å². The highest BCUT2D eigenvalue weighted by Crippen LogP contribution is 2.30. The minimum absolute atomic E-state index is 0.0597. The van der Waals surface area contributed by atoms with E-state index >= 15 is 0 Å². The second-order valence-electron chi connectivity index (χ2n) is 4.16. The molecule has 1 N–H and O–H groups in total. The van der Waals surface area contributed by atoms with E-state index in [-0.39, 0.29) is 5.56 Å². The van der Waals surface area contributed by atoms with Crippen LogP contribution in [0.3, 0.4) is 0 Å². The predicted molar refractivity (Wildman–Crippen MR) is 83.6 cm³/mol. The van der Waals surface area contributed by atoms with Crippen LogP contribution < -0.4 is 5.32 Å². The van der Waals surface area contributed by atoms with Crippen molar-refractivity contribution in [2.24, 2.45) is 0 Å². The number of carbonyl (C=O) groups excluding carboxylic acids is 1. The molecule has 2 rings (SSSR count). The lowest BCUT2D eigenvalue weighted by Gasteiger charge is -2.10. The Balaban J connectivity index is 2.25. The van der Waals surface area contributed by atoms with E-state index in [0.29, 0.717) is 14.3 Å². The summed E-state index contributed by atoms with van der Waals surface area (Å²) in [7, 11) is 0. The number of nitrogens with one attached hydrogen (secondary N) is 1. The maximum absolute atomic E-state index is 12.6. The number of alkyl halides is 3. The SMILES string of the molecule is O=C(Nc1ccc(Cl)cc1I)c1cccc(C(F)(F)F)c1. The molecule has 0 radical (unpaired) electrons. The molecule has 0 aliphatic heterocycles. The van der Waals surface area contributed by atoms with Gasteiger partial charge in [0.25, 0.3) is 5.91 Å². The number of hydrogen-bond acceptors (Lipinski definition) is 1. The summed E-state index contributed by atoms with van der Waals surface area (Å²) < 4.78 is 38.6. The molecule has 2 aromatic rings. The number of amides is 1. The van der Waals surface area contributed by atoms with Gasteiger partial charge >= 0.3 is 6.18 Å². The molecular formula is C14H8ClF3INO. The van der Waals surface area contributed by atoms with Crippen LogP contribution in [0.15, 0.2) is 42.5 Å². The van der Waals surface area contributed by atoms with Gasteiger partial charge in [-0.1, -0.05) is 17.7 Å². The molecule has 2 nitrogen and oxygen atoms in total. The molecule has 0 aliphatic carbocycles. The molecular weight excluding hydrogens is 418 g/mol. The Hall–Kier alpha value is -1.28. The molecule has 0 saturated carbocycles.